The molecule has 5 heteroatoms. The summed E-state index contributed by atoms with van der Waals surface area (Å²) in [6, 6.07) is 1.86. The average Bonchev–Trinajstić information content (AvgIpc) is 2.76. The van der Waals surface area contributed by atoms with Crippen molar-refractivity contribution in [2.45, 2.75) is 20.3 Å². The van der Waals surface area contributed by atoms with Crippen molar-refractivity contribution in [3.8, 4) is 11.5 Å². The Morgan fingerprint density at radius 1 is 1.41 bits per heavy atom. The molecule has 4 nitrogen and oxygen atoms in total. The van der Waals surface area contributed by atoms with E-state index in [0.29, 0.717) is 0 Å². The Hall–Kier alpha value is -1.36. The van der Waals surface area contributed by atoms with Gasteiger partial charge in [0, 0.05) is 19.0 Å². The molecule has 0 aromatic carbocycles. The molecule has 0 aliphatic rings. The normalized spacial score (nSPS) is 10.6. The second kappa shape index (κ2) is 4.87. The molecule has 0 unspecified atom stereocenters. The van der Waals surface area contributed by atoms with Crippen LogP contribution < -0.4 is 5.32 Å². The molecule has 0 radical (unpaired) electrons. The van der Waals surface area contributed by atoms with Gasteiger partial charge in [0.15, 0.2) is 5.76 Å². The molecule has 2 heterocycles. The lowest BCUT2D eigenvalue weighted by molar-refractivity contribution is 0.577. The van der Waals surface area contributed by atoms with E-state index in [2.05, 4.69) is 31.2 Å². The Kier molecular flexibility index (Phi) is 3.47. The quantitative estimate of drug-likeness (QED) is 0.943. The molecule has 2 aromatic heterocycles. The first-order chi connectivity index (χ1) is 8.17. The first kappa shape index (κ1) is 12.1. The van der Waals surface area contributed by atoms with Crippen LogP contribution in [-0.2, 0) is 6.42 Å². The van der Waals surface area contributed by atoms with Crippen LogP contribution in [0, 0.1) is 6.92 Å². The van der Waals surface area contributed by atoms with Gasteiger partial charge in [-0.1, -0.05) is 6.92 Å². The minimum absolute atomic E-state index is 0.746. The number of aryl methyl sites for hydroxylation is 1. The lowest BCUT2D eigenvalue weighted by atomic mass is 10.2. The van der Waals surface area contributed by atoms with Gasteiger partial charge in [0.2, 0.25) is 0 Å². The van der Waals surface area contributed by atoms with Gasteiger partial charge in [0.25, 0.3) is 0 Å². The third kappa shape index (κ3) is 2.20. The number of hydrogen-bond acceptors (Lipinski definition) is 4. The molecule has 0 fully saturated rings. The summed E-state index contributed by atoms with van der Waals surface area (Å²) < 4.78 is 6.37. The molecule has 0 saturated carbocycles. The predicted octanol–water partition coefficient (Wildman–Crippen LogP) is 3.41. The number of hydrogen-bond donors (Lipinski definition) is 1. The van der Waals surface area contributed by atoms with Crippen molar-refractivity contribution in [1.29, 1.82) is 0 Å². The molecule has 0 spiro atoms. The smallest absolute Gasteiger partial charge is 0.166 e. The van der Waals surface area contributed by atoms with Crippen LogP contribution in [0.5, 0.6) is 0 Å². The van der Waals surface area contributed by atoms with Crippen molar-refractivity contribution in [1.82, 2.24) is 9.97 Å². The SMILES string of the molecule is CCc1nc(NC)c(C)c(-c2occc2Br)n1. The maximum absolute atomic E-state index is 5.47. The van der Waals surface area contributed by atoms with Crippen LogP contribution in [0.4, 0.5) is 5.82 Å². The molecule has 0 aliphatic heterocycles. The van der Waals surface area contributed by atoms with Crippen LogP contribution in [0.1, 0.15) is 18.3 Å². The highest BCUT2D eigenvalue weighted by atomic mass is 79.9. The molecular weight excluding hydrogens is 282 g/mol. The number of nitrogens with one attached hydrogen (secondary N) is 1. The summed E-state index contributed by atoms with van der Waals surface area (Å²) in [7, 11) is 1.86. The fraction of sp³-hybridized carbons (Fsp3) is 0.333. The van der Waals surface area contributed by atoms with Crippen LogP contribution in [0.3, 0.4) is 0 Å². The molecule has 0 bridgehead atoms. The lowest BCUT2D eigenvalue weighted by Crippen LogP contribution is -2.04. The van der Waals surface area contributed by atoms with Gasteiger partial charge in [-0.3, -0.25) is 0 Å². The molecule has 0 amide bonds. The van der Waals surface area contributed by atoms with E-state index in [-0.39, 0.29) is 0 Å². The van der Waals surface area contributed by atoms with E-state index in [1.165, 1.54) is 0 Å². The van der Waals surface area contributed by atoms with Gasteiger partial charge in [-0.15, -0.1) is 0 Å². The summed E-state index contributed by atoms with van der Waals surface area (Å²) in [5.74, 6) is 2.39. The third-order valence-electron chi connectivity index (χ3n) is 2.58. The van der Waals surface area contributed by atoms with Gasteiger partial charge >= 0.3 is 0 Å². The topological polar surface area (TPSA) is 51.0 Å². The van der Waals surface area contributed by atoms with Gasteiger partial charge in [-0.05, 0) is 28.9 Å². The molecular formula is C12H14BrN3O. The molecule has 0 atom stereocenters. The van der Waals surface area contributed by atoms with Gasteiger partial charge in [0.1, 0.15) is 17.3 Å². The number of furan rings is 1. The van der Waals surface area contributed by atoms with E-state index in [1.807, 2.05) is 27.0 Å². The molecule has 0 saturated heterocycles. The van der Waals surface area contributed by atoms with E-state index in [0.717, 1.165) is 39.6 Å². The summed E-state index contributed by atoms with van der Waals surface area (Å²) in [5.41, 5.74) is 1.82. The minimum Gasteiger partial charge on any atom is -0.461 e. The van der Waals surface area contributed by atoms with E-state index >= 15 is 0 Å². The highest BCUT2D eigenvalue weighted by Gasteiger charge is 2.16. The number of rotatable bonds is 3. The first-order valence-corrected chi connectivity index (χ1v) is 6.25. The molecule has 2 aromatic rings. The summed E-state index contributed by atoms with van der Waals surface area (Å²) in [4.78, 5) is 8.96. The highest BCUT2D eigenvalue weighted by Crippen LogP contribution is 2.32. The van der Waals surface area contributed by atoms with Gasteiger partial charge < -0.3 is 9.73 Å². The van der Waals surface area contributed by atoms with E-state index < -0.39 is 0 Å². The fourth-order valence-electron chi connectivity index (χ4n) is 1.65. The maximum Gasteiger partial charge on any atom is 0.166 e. The highest BCUT2D eigenvalue weighted by molar-refractivity contribution is 9.10. The zero-order valence-electron chi connectivity index (χ0n) is 10.0. The van der Waals surface area contributed by atoms with Crippen LogP contribution in [0.2, 0.25) is 0 Å². The predicted molar refractivity (Wildman–Crippen MR) is 71.1 cm³/mol. The Bertz CT molecular complexity index is 537. The second-order valence-electron chi connectivity index (χ2n) is 3.66. The number of nitrogens with zero attached hydrogens (tertiary/aromatic N) is 2. The van der Waals surface area contributed by atoms with Crippen molar-refractivity contribution >= 4 is 21.7 Å². The number of halogens is 1. The number of anilines is 1. The molecule has 0 aliphatic carbocycles. The van der Waals surface area contributed by atoms with Gasteiger partial charge in [-0.25, -0.2) is 9.97 Å². The molecule has 2 rings (SSSR count). The minimum atomic E-state index is 0.746. The fourth-order valence-corrected chi connectivity index (χ4v) is 2.04. The summed E-state index contributed by atoms with van der Waals surface area (Å²) in [6.45, 7) is 4.01. The Labute approximate surface area is 109 Å². The van der Waals surface area contributed by atoms with E-state index in [1.54, 1.807) is 6.26 Å². The van der Waals surface area contributed by atoms with E-state index in [4.69, 9.17) is 4.42 Å². The lowest BCUT2D eigenvalue weighted by Gasteiger charge is -2.10. The van der Waals surface area contributed by atoms with Crippen molar-refractivity contribution < 1.29 is 4.42 Å². The largest absolute Gasteiger partial charge is 0.461 e. The first-order valence-electron chi connectivity index (χ1n) is 5.46. The van der Waals surface area contributed by atoms with Crippen LogP contribution in [0.15, 0.2) is 21.2 Å². The molecule has 17 heavy (non-hydrogen) atoms. The van der Waals surface area contributed by atoms with Crippen LogP contribution in [-0.4, -0.2) is 17.0 Å². The van der Waals surface area contributed by atoms with Crippen molar-refractivity contribution in [2.24, 2.45) is 0 Å². The van der Waals surface area contributed by atoms with Crippen LogP contribution >= 0.6 is 15.9 Å². The van der Waals surface area contributed by atoms with Crippen LogP contribution in [0.25, 0.3) is 11.5 Å². The Morgan fingerprint density at radius 3 is 2.71 bits per heavy atom. The standard InChI is InChI=1S/C12H14BrN3O/c1-4-9-15-10(7(2)12(14-3)16-9)11-8(13)5-6-17-11/h5-6H,4H2,1-3H3,(H,14,15,16). The summed E-state index contributed by atoms with van der Waals surface area (Å²) >= 11 is 3.46. The molecule has 1 N–H and O–H groups in total. The van der Waals surface area contributed by atoms with Crippen molar-refractivity contribution in [3.63, 3.8) is 0 Å². The van der Waals surface area contributed by atoms with E-state index in [9.17, 15) is 0 Å². The number of aromatic nitrogens is 2. The van der Waals surface area contributed by atoms with Crippen molar-refractivity contribution in [3.05, 3.63) is 28.2 Å². The zero-order chi connectivity index (χ0) is 12.4. The van der Waals surface area contributed by atoms with Crippen molar-refractivity contribution in [2.75, 3.05) is 12.4 Å². The summed E-state index contributed by atoms with van der Waals surface area (Å²) in [5, 5.41) is 3.08. The van der Waals surface area contributed by atoms with Gasteiger partial charge in [-0.2, -0.15) is 0 Å². The maximum atomic E-state index is 5.47. The third-order valence-corrected chi connectivity index (χ3v) is 3.20. The average molecular weight is 296 g/mol. The Morgan fingerprint density at radius 2 is 2.18 bits per heavy atom. The monoisotopic (exact) mass is 295 g/mol. The second-order valence-corrected chi connectivity index (χ2v) is 4.52. The Balaban J connectivity index is 2.64. The molecule has 90 valence electrons. The van der Waals surface area contributed by atoms with Gasteiger partial charge in [0.05, 0.1) is 10.7 Å². The zero-order valence-corrected chi connectivity index (χ0v) is 11.6. The summed E-state index contributed by atoms with van der Waals surface area (Å²) in [6.07, 6.45) is 2.44.